The molecule has 2 aromatic rings. The van der Waals surface area contributed by atoms with Gasteiger partial charge in [-0.05, 0) is 25.0 Å². The van der Waals surface area contributed by atoms with Crippen LogP contribution < -0.4 is 4.90 Å². The molecule has 2 aliphatic heterocycles. The molecule has 0 N–H and O–H groups in total. The molecule has 1 atom stereocenters. The maximum absolute atomic E-state index is 12.9. The van der Waals surface area contributed by atoms with Gasteiger partial charge >= 0.3 is 0 Å². The van der Waals surface area contributed by atoms with Gasteiger partial charge in [-0.3, -0.25) is 4.79 Å². The number of carbonyl (C=O) groups is 1. The summed E-state index contributed by atoms with van der Waals surface area (Å²) in [5.74, 6) is 0.638. The molecule has 2 aliphatic rings. The van der Waals surface area contributed by atoms with Gasteiger partial charge in [-0.15, -0.1) is 0 Å². The largest absolute Gasteiger partial charge is 0.368 e. The van der Waals surface area contributed by atoms with Crippen LogP contribution in [0.4, 0.5) is 5.95 Å². The van der Waals surface area contributed by atoms with Crippen LogP contribution in [0.25, 0.3) is 0 Å². The molecule has 0 saturated carbocycles. The van der Waals surface area contributed by atoms with Crippen molar-refractivity contribution in [3.63, 3.8) is 0 Å². The smallest absolute Gasteiger partial charge is 0.270 e. The van der Waals surface area contributed by atoms with Gasteiger partial charge in [-0.25, -0.2) is 9.97 Å². The van der Waals surface area contributed by atoms with Gasteiger partial charge in [0.2, 0.25) is 5.95 Å². The zero-order valence-electron chi connectivity index (χ0n) is 15.3. The molecule has 0 radical (unpaired) electrons. The van der Waals surface area contributed by atoms with Crippen molar-refractivity contribution in [3.8, 4) is 6.07 Å². The summed E-state index contributed by atoms with van der Waals surface area (Å²) >= 11 is 0. The number of ether oxygens (including phenoxy) is 1. The minimum atomic E-state index is -0.275. The summed E-state index contributed by atoms with van der Waals surface area (Å²) in [6.07, 6.45) is 5.48. The second kappa shape index (κ2) is 7.37. The number of nitriles is 1. The number of carbonyl (C=O) groups excluding carboxylic acids is 1. The van der Waals surface area contributed by atoms with E-state index in [4.69, 9.17) is 10.00 Å². The molecule has 1 amide bonds. The van der Waals surface area contributed by atoms with Gasteiger partial charge in [0, 0.05) is 39.1 Å². The molecule has 2 aromatic heterocycles. The lowest BCUT2D eigenvalue weighted by Crippen LogP contribution is -2.43. The normalized spacial score (nSPS) is 19.9. The van der Waals surface area contributed by atoms with E-state index < -0.39 is 0 Å². The first-order valence-electron chi connectivity index (χ1n) is 9.21. The van der Waals surface area contributed by atoms with E-state index in [-0.39, 0.29) is 12.0 Å². The van der Waals surface area contributed by atoms with Crippen molar-refractivity contribution in [3.05, 3.63) is 41.5 Å². The number of rotatable bonds is 3. The summed E-state index contributed by atoms with van der Waals surface area (Å²) in [7, 11) is 1.78. The van der Waals surface area contributed by atoms with Gasteiger partial charge in [0.1, 0.15) is 17.9 Å². The Hall–Kier alpha value is -2.92. The lowest BCUT2D eigenvalue weighted by atomic mass is 10.2. The maximum Gasteiger partial charge on any atom is 0.270 e. The SMILES string of the molecule is Cn1cc(C#N)cc1C(=O)N1CCOC(c2ccnc(N3CCCC3)n2)C1. The first-order valence-corrected chi connectivity index (χ1v) is 9.21. The number of anilines is 1. The summed E-state index contributed by atoms with van der Waals surface area (Å²) in [4.78, 5) is 25.9. The molecule has 4 rings (SSSR count). The molecule has 140 valence electrons. The molecule has 27 heavy (non-hydrogen) atoms. The zero-order valence-corrected chi connectivity index (χ0v) is 15.3. The Balaban J connectivity index is 1.51. The lowest BCUT2D eigenvalue weighted by Gasteiger charge is -2.33. The van der Waals surface area contributed by atoms with Gasteiger partial charge < -0.3 is 19.1 Å². The van der Waals surface area contributed by atoms with Crippen molar-refractivity contribution >= 4 is 11.9 Å². The lowest BCUT2D eigenvalue weighted by molar-refractivity contribution is -0.0250. The van der Waals surface area contributed by atoms with E-state index in [9.17, 15) is 4.79 Å². The van der Waals surface area contributed by atoms with Crippen LogP contribution in [-0.2, 0) is 11.8 Å². The van der Waals surface area contributed by atoms with Gasteiger partial charge in [0.05, 0.1) is 24.4 Å². The second-order valence-electron chi connectivity index (χ2n) is 6.92. The standard InChI is InChI=1S/C19H22N6O2/c1-23-12-14(11-20)10-16(23)18(26)25-8-9-27-17(13-25)15-4-5-21-19(22-15)24-6-2-3-7-24/h4-5,10,12,17H,2-3,6-9,13H2,1H3. The van der Waals surface area contributed by atoms with Gasteiger partial charge in [0.15, 0.2) is 0 Å². The first kappa shape index (κ1) is 17.5. The van der Waals surface area contributed by atoms with Crippen LogP contribution in [0, 0.1) is 11.3 Å². The Morgan fingerprint density at radius 1 is 1.33 bits per heavy atom. The van der Waals surface area contributed by atoms with Crippen LogP contribution in [0.3, 0.4) is 0 Å². The van der Waals surface area contributed by atoms with Crippen molar-refractivity contribution in [2.24, 2.45) is 7.05 Å². The molecule has 1 unspecified atom stereocenters. The fraction of sp³-hybridized carbons (Fsp3) is 0.474. The van der Waals surface area contributed by atoms with Gasteiger partial charge in [-0.1, -0.05) is 0 Å². The Kier molecular flexibility index (Phi) is 4.77. The number of hydrogen-bond donors (Lipinski definition) is 0. The third-order valence-electron chi connectivity index (χ3n) is 5.09. The predicted octanol–water partition coefficient (Wildman–Crippen LogP) is 1.50. The summed E-state index contributed by atoms with van der Waals surface area (Å²) in [5, 5.41) is 9.05. The third-order valence-corrected chi connectivity index (χ3v) is 5.09. The number of nitrogens with zero attached hydrogens (tertiary/aromatic N) is 6. The molecule has 0 spiro atoms. The van der Waals surface area contributed by atoms with Crippen LogP contribution in [0.5, 0.6) is 0 Å². The summed E-state index contributed by atoms with van der Waals surface area (Å²) < 4.78 is 7.59. The molecule has 4 heterocycles. The van der Waals surface area contributed by atoms with Crippen LogP contribution in [0.15, 0.2) is 24.5 Å². The van der Waals surface area contributed by atoms with Crippen molar-refractivity contribution < 1.29 is 9.53 Å². The minimum Gasteiger partial charge on any atom is -0.368 e. The third kappa shape index (κ3) is 3.51. The molecule has 8 nitrogen and oxygen atoms in total. The van der Waals surface area contributed by atoms with Crippen molar-refractivity contribution in [2.75, 3.05) is 37.7 Å². The molecule has 2 saturated heterocycles. The van der Waals surface area contributed by atoms with Crippen molar-refractivity contribution in [1.82, 2.24) is 19.4 Å². The topological polar surface area (TPSA) is 87.3 Å². The van der Waals surface area contributed by atoms with Crippen LogP contribution >= 0.6 is 0 Å². The van der Waals surface area contributed by atoms with Gasteiger partial charge in [-0.2, -0.15) is 5.26 Å². The highest BCUT2D eigenvalue weighted by Crippen LogP contribution is 2.24. The molecule has 0 bridgehead atoms. The van der Waals surface area contributed by atoms with E-state index in [0.717, 1.165) is 37.6 Å². The maximum atomic E-state index is 12.9. The Morgan fingerprint density at radius 2 is 2.15 bits per heavy atom. The van der Waals surface area contributed by atoms with E-state index in [1.807, 2.05) is 6.07 Å². The highest BCUT2D eigenvalue weighted by atomic mass is 16.5. The average molecular weight is 366 g/mol. The van der Waals surface area contributed by atoms with E-state index in [0.29, 0.717) is 31.0 Å². The molecule has 0 aliphatic carbocycles. The highest BCUT2D eigenvalue weighted by molar-refractivity contribution is 5.93. The Morgan fingerprint density at radius 3 is 2.89 bits per heavy atom. The van der Waals surface area contributed by atoms with E-state index >= 15 is 0 Å². The monoisotopic (exact) mass is 366 g/mol. The fourth-order valence-electron chi connectivity index (χ4n) is 3.62. The summed E-state index contributed by atoms with van der Waals surface area (Å²) in [6.45, 7) is 3.37. The molecule has 8 heteroatoms. The number of amides is 1. The van der Waals surface area contributed by atoms with E-state index in [2.05, 4.69) is 20.9 Å². The average Bonchev–Trinajstić information content (AvgIpc) is 3.37. The van der Waals surface area contributed by atoms with E-state index in [1.165, 1.54) is 0 Å². The zero-order chi connectivity index (χ0) is 18.8. The second-order valence-corrected chi connectivity index (χ2v) is 6.92. The van der Waals surface area contributed by atoms with Crippen molar-refractivity contribution in [1.29, 1.82) is 5.26 Å². The summed E-state index contributed by atoms with van der Waals surface area (Å²) in [6, 6.07) is 5.56. The Bertz CT molecular complexity index is 881. The number of aryl methyl sites for hydroxylation is 1. The minimum absolute atomic E-state index is 0.0962. The quantitative estimate of drug-likeness (QED) is 0.818. The van der Waals surface area contributed by atoms with Gasteiger partial charge in [0.25, 0.3) is 5.91 Å². The molecule has 2 fully saturated rings. The number of aromatic nitrogens is 3. The fourth-order valence-corrected chi connectivity index (χ4v) is 3.62. The molecular formula is C19H22N6O2. The van der Waals surface area contributed by atoms with Crippen LogP contribution in [-0.4, -0.2) is 58.1 Å². The molecular weight excluding hydrogens is 344 g/mol. The number of morpholine rings is 1. The van der Waals surface area contributed by atoms with Crippen molar-refractivity contribution in [2.45, 2.75) is 18.9 Å². The predicted molar refractivity (Wildman–Crippen MR) is 98.2 cm³/mol. The number of hydrogen-bond acceptors (Lipinski definition) is 6. The summed E-state index contributed by atoms with van der Waals surface area (Å²) in [5.41, 5.74) is 1.79. The van der Waals surface area contributed by atoms with Crippen LogP contribution in [0.2, 0.25) is 0 Å². The highest BCUT2D eigenvalue weighted by Gasteiger charge is 2.29. The van der Waals surface area contributed by atoms with E-state index in [1.54, 1.807) is 35.0 Å². The molecule has 0 aromatic carbocycles. The Labute approximate surface area is 158 Å². The first-order chi connectivity index (χ1) is 13.2. The van der Waals surface area contributed by atoms with Crippen LogP contribution in [0.1, 0.15) is 40.7 Å².